The second-order valence-corrected chi connectivity index (χ2v) is 10.2. The Bertz CT molecular complexity index is 970. The Hall–Kier alpha value is -2.39. The number of rotatable bonds is 10. The fourth-order valence-electron chi connectivity index (χ4n) is 4.89. The topological polar surface area (TPSA) is 91.2 Å². The van der Waals surface area contributed by atoms with Gasteiger partial charge in [0, 0.05) is 51.9 Å². The molecule has 1 saturated carbocycles. The van der Waals surface area contributed by atoms with Crippen LogP contribution < -0.4 is 10.6 Å². The molecule has 1 aliphatic carbocycles. The number of halogens is 1. The van der Waals surface area contributed by atoms with Crippen molar-refractivity contribution in [1.82, 2.24) is 29.5 Å². The molecule has 2 aliphatic heterocycles. The molecule has 3 fully saturated rings. The smallest absolute Gasteiger partial charge is 0.229 e. The SMILES string of the molecule is O=C1CCCCN1CCCNc1nc(Nc2cnn(C3CCN(CC4CC4)CC3)c2)ncc1Cl. The Morgan fingerprint density at radius 2 is 1.94 bits per heavy atom. The van der Waals surface area contributed by atoms with E-state index in [-0.39, 0.29) is 5.91 Å². The van der Waals surface area contributed by atoms with E-state index >= 15 is 0 Å². The fourth-order valence-corrected chi connectivity index (χ4v) is 5.05. The quantitative estimate of drug-likeness (QED) is 0.491. The average Bonchev–Trinajstić information content (AvgIpc) is 3.54. The van der Waals surface area contributed by atoms with E-state index in [1.807, 2.05) is 17.3 Å². The van der Waals surface area contributed by atoms with Gasteiger partial charge in [-0.1, -0.05) is 11.6 Å². The molecule has 1 amide bonds. The number of carbonyl (C=O) groups is 1. The zero-order chi connectivity index (χ0) is 23.3. The number of piperidine rings is 2. The number of aromatic nitrogens is 4. The molecule has 0 atom stereocenters. The van der Waals surface area contributed by atoms with Gasteiger partial charge in [0.25, 0.3) is 0 Å². The first-order valence-electron chi connectivity index (χ1n) is 12.7. The van der Waals surface area contributed by atoms with Crippen molar-refractivity contribution in [1.29, 1.82) is 0 Å². The molecule has 0 unspecified atom stereocenters. The molecule has 0 aromatic carbocycles. The molecule has 2 aromatic rings. The lowest BCUT2D eigenvalue weighted by atomic mass is 10.1. The summed E-state index contributed by atoms with van der Waals surface area (Å²) in [5.74, 6) is 2.30. The molecular weight excluding hydrogens is 452 g/mol. The molecule has 2 saturated heterocycles. The van der Waals surface area contributed by atoms with E-state index in [1.54, 1.807) is 6.20 Å². The van der Waals surface area contributed by atoms with Crippen LogP contribution >= 0.6 is 11.6 Å². The van der Waals surface area contributed by atoms with Crippen molar-refractivity contribution in [3.63, 3.8) is 0 Å². The lowest BCUT2D eigenvalue weighted by Gasteiger charge is -2.32. The predicted octanol–water partition coefficient (Wildman–Crippen LogP) is 3.93. The molecule has 0 radical (unpaired) electrons. The van der Waals surface area contributed by atoms with Crippen LogP contribution in [0.5, 0.6) is 0 Å². The van der Waals surface area contributed by atoms with Crippen molar-refractivity contribution in [3.8, 4) is 0 Å². The number of anilines is 3. The lowest BCUT2D eigenvalue weighted by molar-refractivity contribution is -0.133. The standard InChI is InChI=1S/C24H35ClN8O/c25-21-15-27-24(30-23(21)26-9-3-11-32-10-2-1-4-22(32)34)29-19-14-28-33(17-19)20-7-12-31(13-8-20)16-18-5-6-18/h14-15,17-18,20H,1-13,16H2,(H2,26,27,29,30). The summed E-state index contributed by atoms with van der Waals surface area (Å²) in [5, 5.41) is 11.6. The van der Waals surface area contributed by atoms with Gasteiger partial charge in [0.05, 0.1) is 24.1 Å². The largest absolute Gasteiger partial charge is 0.369 e. The highest BCUT2D eigenvalue weighted by Gasteiger charge is 2.27. The van der Waals surface area contributed by atoms with Crippen LogP contribution in [0.25, 0.3) is 0 Å². The summed E-state index contributed by atoms with van der Waals surface area (Å²) in [4.78, 5) is 25.4. The van der Waals surface area contributed by atoms with Crippen LogP contribution in [0.3, 0.4) is 0 Å². The summed E-state index contributed by atoms with van der Waals surface area (Å²) in [7, 11) is 0. The second-order valence-electron chi connectivity index (χ2n) is 9.82. The van der Waals surface area contributed by atoms with Crippen molar-refractivity contribution in [2.45, 2.75) is 57.4 Å². The Balaban J connectivity index is 1.10. The van der Waals surface area contributed by atoms with Gasteiger partial charge in [-0.2, -0.15) is 10.1 Å². The first-order valence-corrected chi connectivity index (χ1v) is 13.1. The van der Waals surface area contributed by atoms with Gasteiger partial charge >= 0.3 is 0 Å². The van der Waals surface area contributed by atoms with Crippen molar-refractivity contribution < 1.29 is 4.79 Å². The maximum atomic E-state index is 11.9. The Morgan fingerprint density at radius 3 is 2.74 bits per heavy atom. The van der Waals surface area contributed by atoms with Gasteiger partial charge in [-0.15, -0.1) is 0 Å². The highest BCUT2D eigenvalue weighted by Crippen LogP contribution is 2.32. The third-order valence-corrected chi connectivity index (χ3v) is 7.34. The molecule has 4 heterocycles. The van der Waals surface area contributed by atoms with Gasteiger partial charge in [-0.3, -0.25) is 9.48 Å². The highest BCUT2D eigenvalue weighted by molar-refractivity contribution is 6.32. The van der Waals surface area contributed by atoms with Gasteiger partial charge in [-0.05, 0) is 50.9 Å². The summed E-state index contributed by atoms with van der Waals surface area (Å²) >= 11 is 6.30. The van der Waals surface area contributed by atoms with E-state index in [0.29, 0.717) is 35.8 Å². The van der Waals surface area contributed by atoms with Crippen LogP contribution in [-0.2, 0) is 4.79 Å². The van der Waals surface area contributed by atoms with E-state index in [4.69, 9.17) is 11.6 Å². The van der Waals surface area contributed by atoms with Crippen LogP contribution in [-0.4, -0.2) is 74.7 Å². The minimum absolute atomic E-state index is 0.266. The molecule has 10 heteroatoms. The number of likely N-dealkylation sites (tertiary alicyclic amines) is 2. The van der Waals surface area contributed by atoms with Crippen LogP contribution in [0.15, 0.2) is 18.6 Å². The van der Waals surface area contributed by atoms with Crippen LogP contribution in [0, 0.1) is 5.92 Å². The van der Waals surface area contributed by atoms with Crippen LogP contribution in [0.2, 0.25) is 5.02 Å². The van der Waals surface area contributed by atoms with Crippen molar-refractivity contribution in [3.05, 3.63) is 23.6 Å². The molecule has 9 nitrogen and oxygen atoms in total. The molecule has 5 rings (SSSR count). The van der Waals surface area contributed by atoms with Gasteiger partial charge in [0.15, 0.2) is 0 Å². The Labute approximate surface area is 206 Å². The molecule has 3 aliphatic rings. The van der Waals surface area contributed by atoms with Crippen LogP contribution in [0.1, 0.15) is 57.4 Å². The third kappa shape index (κ3) is 6.18. The van der Waals surface area contributed by atoms with Crippen molar-refractivity contribution in [2.24, 2.45) is 5.92 Å². The molecule has 0 spiro atoms. The highest BCUT2D eigenvalue weighted by atomic mass is 35.5. The monoisotopic (exact) mass is 486 g/mol. The maximum Gasteiger partial charge on any atom is 0.229 e. The second kappa shape index (κ2) is 10.9. The average molecular weight is 487 g/mol. The molecule has 2 aromatic heterocycles. The number of hydrogen-bond donors (Lipinski definition) is 2. The van der Waals surface area contributed by atoms with Crippen molar-refractivity contribution in [2.75, 3.05) is 49.9 Å². The minimum Gasteiger partial charge on any atom is -0.369 e. The zero-order valence-electron chi connectivity index (χ0n) is 19.8. The fraction of sp³-hybridized carbons (Fsp3) is 0.667. The molecular formula is C24H35ClN8O. The van der Waals surface area contributed by atoms with E-state index in [2.05, 4.69) is 35.3 Å². The van der Waals surface area contributed by atoms with Gasteiger partial charge in [0.1, 0.15) is 10.8 Å². The van der Waals surface area contributed by atoms with Gasteiger partial charge in [-0.25, -0.2) is 4.98 Å². The van der Waals surface area contributed by atoms with Gasteiger partial charge < -0.3 is 20.4 Å². The first kappa shape index (κ1) is 23.4. The number of hydrogen-bond acceptors (Lipinski definition) is 7. The molecule has 2 N–H and O–H groups in total. The number of carbonyl (C=O) groups excluding carboxylic acids is 1. The Morgan fingerprint density at radius 1 is 1.09 bits per heavy atom. The summed E-state index contributed by atoms with van der Waals surface area (Å²) < 4.78 is 2.08. The minimum atomic E-state index is 0.266. The Kier molecular flexibility index (Phi) is 7.49. The summed E-state index contributed by atoms with van der Waals surface area (Å²) in [6.45, 7) is 5.92. The summed E-state index contributed by atoms with van der Waals surface area (Å²) in [5.41, 5.74) is 0.872. The maximum absolute atomic E-state index is 11.9. The van der Waals surface area contributed by atoms with Crippen molar-refractivity contribution >= 4 is 35.0 Å². The molecule has 0 bridgehead atoms. The number of nitrogens with zero attached hydrogens (tertiary/aromatic N) is 6. The predicted molar refractivity (Wildman–Crippen MR) is 134 cm³/mol. The first-order chi connectivity index (χ1) is 16.6. The molecule has 34 heavy (non-hydrogen) atoms. The third-order valence-electron chi connectivity index (χ3n) is 7.06. The summed E-state index contributed by atoms with van der Waals surface area (Å²) in [6.07, 6.45) is 14.2. The van der Waals surface area contributed by atoms with Gasteiger partial charge in [0.2, 0.25) is 11.9 Å². The van der Waals surface area contributed by atoms with E-state index in [9.17, 15) is 4.79 Å². The van der Waals surface area contributed by atoms with E-state index < -0.39 is 0 Å². The zero-order valence-corrected chi connectivity index (χ0v) is 20.5. The van der Waals surface area contributed by atoms with E-state index in [0.717, 1.165) is 69.9 Å². The molecule has 184 valence electrons. The lowest BCUT2D eigenvalue weighted by Crippen LogP contribution is -2.36. The number of amides is 1. The van der Waals surface area contributed by atoms with Crippen LogP contribution in [0.4, 0.5) is 17.5 Å². The number of nitrogens with one attached hydrogen (secondary N) is 2. The normalized spacial score (nSPS) is 20.0. The summed E-state index contributed by atoms with van der Waals surface area (Å²) in [6, 6.07) is 0.446. The van der Waals surface area contributed by atoms with E-state index in [1.165, 1.54) is 19.4 Å².